The minimum Gasteiger partial charge on any atom is -0.507 e. The van der Waals surface area contributed by atoms with Gasteiger partial charge in [0.25, 0.3) is 11.7 Å². The number of hydrogen-bond donors (Lipinski definition) is 1. The molecule has 0 spiro atoms. The molecule has 2 aromatic rings. The fourth-order valence-electron chi connectivity index (χ4n) is 3.45. The van der Waals surface area contributed by atoms with Crippen LogP contribution < -0.4 is 0 Å². The van der Waals surface area contributed by atoms with Gasteiger partial charge in [0.15, 0.2) is 0 Å². The van der Waals surface area contributed by atoms with E-state index in [1.807, 2.05) is 13.8 Å². The Hall–Kier alpha value is -2.15. The Morgan fingerprint density at radius 2 is 1.83 bits per heavy atom. The first-order chi connectivity index (χ1) is 14.3. The number of aliphatic hydroxyl groups is 1. The van der Waals surface area contributed by atoms with Gasteiger partial charge in [-0.15, -0.1) is 0 Å². The van der Waals surface area contributed by atoms with E-state index in [0.717, 1.165) is 4.47 Å². The molecule has 1 amide bonds. The fourth-order valence-corrected chi connectivity index (χ4v) is 3.95. The van der Waals surface area contributed by atoms with Crippen LogP contribution in [0.4, 0.5) is 0 Å². The molecule has 1 atom stereocenters. The van der Waals surface area contributed by atoms with Gasteiger partial charge in [-0.1, -0.05) is 57.9 Å². The maximum atomic E-state index is 12.9. The first-order valence-electron chi connectivity index (χ1n) is 9.71. The second-order valence-electron chi connectivity index (χ2n) is 7.29. The van der Waals surface area contributed by atoms with Gasteiger partial charge in [-0.2, -0.15) is 0 Å². The van der Waals surface area contributed by atoms with Gasteiger partial charge < -0.3 is 14.7 Å². The predicted octanol–water partition coefficient (Wildman–Crippen LogP) is 5.34. The van der Waals surface area contributed by atoms with Crippen molar-refractivity contribution in [2.24, 2.45) is 0 Å². The second-order valence-corrected chi connectivity index (χ2v) is 8.62. The van der Waals surface area contributed by atoms with Crippen LogP contribution in [0, 0.1) is 0 Å². The molecule has 1 aliphatic heterocycles. The highest BCUT2D eigenvalue weighted by molar-refractivity contribution is 9.10. The van der Waals surface area contributed by atoms with Crippen molar-refractivity contribution in [2.75, 3.05) is 13.2 Å². The van der Waals surface area contributed by atoms with E-state index in [1.165, 1.54) is 4.90 Å². The SMILES string of the molecule is CC(C)OCCCN1C(=O)C(=O)C(=C(O)c2ccc(Br)cc2)[C@@H]1c1ccccc1Cl. The van der Waals surface area contributed by atoms with Crippen LogP contribution in [0.25, 0.3) is 5.76 Å². The normalized spacial score (nSPS) is 18.4. The van der Waals surface area contributed by atoms with Crippen molar-refractivity contribution in [1.29, 1.82) is 0 Å². The van der Waals surface area contributed by atoms with Gasteiger partial charge in [-0.05, 0) is 44.0 Å². The number of ether oxygens (including phenoxy) is 1. The highest BCUT2D eigenvalue weighted by Gasteiger charge is 2.46. The average Bonchev–Trinajstić information content (AvgIpc) is 2.96. The van der Waals surface area contributed by atoms with Gasteiger partial charge in [-0.25, -0.2) is 0 Å². The third kappa shape index (κ3) is 4.77. The summed E-state index contributed by atoms with van der Waals surface area (Å²) < 4.78 is 6.41. The molecular weight excluding hydrogens is 470 g/mol. The molecule has 1 aliphatic rings. The van der Waals surface area contributed by atoms with E-state index in [9.17, 15) is 14.7 Å². The zero-order valence-electron chi connectivity index (χ0n) is 16.8. The van der Waals surface area contributed by atoms with Crippen molar-refractivity contribution in [3.05, 3.63) is 74.7 Å². The number of benzene rings is 2. The molecule has 5 nitrogen and oxygen atoms in total. The summed E-state index contributed by atoms with van der Waals surface area (Å²) in [5, 5.41) is 11.4. The third-order valence-electron chi connectivity index (χ3n) is 4.85. The van der Waals surface area contributed by atoms with Gasteiger partial charge in [0.1, 0.15) is 5.76 Å². The molecule has 3 rings (SSSR count). The van der Waals surface area contributed by atoms with Gasteiger partial charge in [0.05, 0.1) is 17.7 Å². The van der Waals surface area contributed by atoms with Crippen molar-refractivity contribution < 1.29 is 19.4 Å². The number of carbonyl (C=O) groups excluding carboxylic acids is 2. The molecule has 0 unspecified atom stereocenters. The van der Waals surface area contributed by atoms with E-state index < -0.39 is 17.7 Å². The summed E-state index contributed by atoms with van der Waals surface area (Å²) in [5.74, 6) is -1.58. The molecule has 7 heteroatoms. The zero-order chi connectivity index (χ0) is 21.8. The molecule has 0 aliphatic carbocycles. The number of ketones is 1. The van der Waals surface area contributed by atoms with Gasteiger partial charge in [-0.3, -0.25) is 9.59 Å². The number of halogens is 2. The van der Waals surface area contributed by atoms with E-state index in [0.29, 0.717) is 35.7 Å². The van der Waals surface area contributed by atoms with Crippen LogP contribution in [-0.2, 0) is 14.3 Å². The van der Waals surface area contributed by atoms with Crippen molar-refractivity contribution in [3.8, 4) is 0 Å². The third-order valence-corrected chi connectivity index (χ3v) is 5.72. The molecular formula is C23H23BrClNO4. The molecule has 1 saturated heterocycles. The maximum absolute atomic E-state index is 12.9. The topological polar surface area (TPSA) is 66.8 Å². The van der Waals surface area contributed by atoms with Crippen LogP contribution in [0.5, 0.6) is 0 Å². The summed E-state index contributed by atoms with van der Waals surface area (Å²) in [7, 11) is 0. The minimum atomic E-state index is -0.763. The molecule has 0 aromatic heterocycles. The minimum absolute atomic E-state index is 0.0419. The van der Waals surface area contributed by atoms with Gasteiger partial charge in [0.2, 0.25) is 0 Å². The Labute approximate surface area is 189 Å². The summed E-state index contributed by atoms with van der Waals surface area (Å²) in [5.41, 5.74) is 1.10. The second kappa shape index (κ2) is 9.77. The molecule has 0 radical (unpaired) electrons. The Bertz CT molecular complexity index is 971. The lowest BCUT2D eigenvalue weighted by molar-refractivity contribution is -0.140. The number of rotatable bonds is 7. The van der Waals surface area contributed by atoms with Crippen LogP contribution in [0.15, 0.2) is 58.6 Å². The van der Waals surface area contributed by atoms with Gasteiger partial charge in [0, 0.05) is 28.2 Å². The Morgan fingerprint density at radius 3 is 2.47 bits per heavy atom. The molecule has 158 valence electrons. The van der Waals surface area contributed by atoms with Crippen LogP contribution in [0.3, 0.4) is 0 Å². The maximum Gasteiger partial charge on any atom is 0.295 e. The molecule has 1 heterocycles. The van der Waals surface area contributed by atoms with E-state index in [1.54, 1.807) is 48.5 Å². The monoisotopic (exact) mass is 491 g/mol. The fraction of sp³-hybridized carbons (Fsp3) is 0.304. The number of amides is 1. The highest BCUT2D eigenvalue weighted by Crippen LogP contribution is 2.41. The van der Waals surface area contributed by atoms with Crippen LogP contribution in [0.2, 0.25) is 5.02 Å². The summed E-state index contributed by atoms with van der Waals surface area (Å²) in [6, 6.07) is 13.2. The van der Waals surface area contributed by atoms with Crippen LogP contribution in [-0.4, -0.2) is 41.0 Å². The van der Waals surface area contributed by atoms with Crippen molar-refractivity contribution in [2.45, 2.75) is 32.4 Å². The van der Waals surface area contributed by atoms with Crippen LogP contribution in [0.1, 0.15) is 37.4 Å². The number of hydrogen-bond acceptors (Lipinski definition) is 4. The quantitative estimate of drug-likeness (QED) is 0.245. The summed E-state index contributed by atoms with van der Waals surface area (Å²) >= 11 is 9.78. The average molecular weight is 493 g/mol. The summed E-state index contributed by atoms with van der Waals surface area (Å²) in [6.07, 6.45) is 0.641. The van der Waals surface area contributed by atoms with Crippen LogP contribution >= 0.6 is 27.5 Å². The number of carbonyl (C=O) groups is 2. The van der Waals surface area contributed by atoms with Crippen molar-refractivity contribution in [1.82, 2.24) is 4.90 Å². The van der Waals surface area contributed by atoms with E-state index >= 15 is 0 Å². The first kappa shape index (κ1) is 22.5. The standard InChI is InChI=1S/C23H23BrClNO4/c1-14(2)30-13-5-12-26-20(17-6-3-4-7-18(17)25)19(22(28)23(26)29)21(27)15-8-10-16(24)11-9-15/h3-4,6-11,14,20,27H,5,12-13H2,1-2H3/t20-/m0/s1. The lowest BCUT2D eigenvalue weighted by atomic mass is 9.95. The zero-order valence-corrected chi connectivity index (χ0v) is 19.1. The lowest BCUT2D eigenvalue weighted by Gasteiger charge is -2.26. The Kier molecular flexibility index (Phi) is 7.34. The summed E-state index contributed by atoms with van der Waals surface area (Å²) in [6.45, 7) is 4.65. The largest absolute Gasteiger partial charge is 0.507 e. The number of nitrogens with zero attached hydrogens (tertiary/aromatic N) is 1. The lowest BCUT2D eigenvalue weighted by Crippen LogP contribution is -2.31. The number of likely N-dealkylation sites (tertiary alicyclic amines) is 1. The van der Waals surface area contributed by atoms with E-state index in [2.05, 4.69) is 15.9 Å². The molecule has 30 heavy (non-hydrogen) atoms. The molecule has 0 saturated carbocycles. The summed E-state index contributed by atoms with van der Waals surface area (Å²) in [4.78, 5) is 27.3. The van der Waals surface area contributed by atoms with E-state index in [-0.39, 0.29) is 17.4 Å². The molecule has 0 bridgehead atoms. The Morgan fingerprint density at radius 1 is 1.17 bits per heavy atom. The first-order valence-corrected chi connectivity index (χ1v) is 10.9. The van der Waals surface area contributed by atoms with Crippen molar-refractivity contribution >= 4 is 45.0 Å². The predicted molar refractivity (Wildman–Crippen MR) is 120 cm³/mol. The number of Topliss-reactive ketones (excluding diaryl/α,β-unsaturated/α-hetero) is 1. The number of aliphatic hydroxyl groups excluding tert-OH is 1. The smallest absolute Gasteiger partial charge is 0.295 e. The molecule has 1 N–H and O–H groups in total. The van der Waals surface area contributed by atoms with E-state index in [4.69, 9.17) is 16.3 Å². The van der Waals surface area contributed by atoms with Crippen molar-refractivity contribution in [3.63, 3.8) is 0 Å². The van der Waals surface area contributed by atoms with Gasteiger partial charge >= 0.3 is 0 Å². The molecule has 2 aromatic carbocycles. The highest BCUT2D eigenvalue weighted by atomic mass is 79.9. The molecule has 1 fully saturated rings. The Balaban J connectivity index is 2.04.